The molecule has 1 aromatic rings. The maximum Gasteiger partial charge on any atom is 0.0389 e. The molecule has 0 bridgehead atoms. The third-order valence-electron chi connectivity index (χ3n) is 2.67. The molecular weight excluding hydrogens is 220 g/mol. The topological polar surface area (TPSA) is 24.7 Å². The van der Waals surface area contributed by atoms with Gasteiger partial charge in [-0.2, -0.15) is 0 Å². The Labute approximate surface area is 111 Å². The molecule has 0 heterocycles. The molecule has 0 aromatic heterocycles. The van der Waals surface area contributed by atoms with E-state index in [0.29, 0.717) is 0 Å². The Hall–Kier alpha value is -1.44. The van der Waals surface area contributed by atoms with E-state index in [0.717, 1.165) is 37.1 Å². The van der Waals surface area contributed by atoms with Crippen molar-refractivity contribution in [1.82, 2.24) is 0 Å². The second-order valence-corrected chi connectivity index (χ2v) is 4.45. The van der Waals surface area contributed by atoms with E-state index >= 15 is 0 Å². The van der Waals surface area contributed by atoms with Crippen molar-refractivity contribution in [2.24, 2.45) is 9.98 Å². The van der Waals surface area contributed by atoms with Crippen LogP contribution in [0.5, 0.6) is 0 Å². The normalized spacial score (nSPS) is 11.7. The summed E-state index contributed by atoms with van der Waals surface area (Å²) < 4.78 is 0. The first-order valence-electron chi connectivity index (χ1n) is 6.96. The Morgan fingerprint density at radius 2 is 1.39 bits per heavy atom. The van der Waals surface area contributed by atoms with Crippen LogP contribution >= 0.6 is 0 Å². The molecular formula is C16H24N2. The summed E-state index contributed by atoms with van der Waals surface area (Å²) in [6, 6.07) is 8.35. The smallest absolute Gasteiger partial charge is 0.0389 e. The third-order valence-corrected chi connectivity index (χ3v) is 2.67. The Morgan fingerprint density at radius 1 is 0.889 bits per heavy atom. The van der Waals surface area contributed by atoms with E-state index in [1.165, 1.54) is 12.8 Å². The zero-order valence-electron chi connectivity index (χ0n) is 11.6. The molecule has 2 heteroatoms. The van der Waals surface area contributed by atoms with E-state index in [4.69, 9.17) is 0 Å². The molecule has 0 aliphatic heterocycles. The minimum atomic E-state index is 0.922. The Bertz CT molecular complexity index is 347. The first kappa shape index (κ1) is 14.6. The standard InChI is InChI=1S/C16H24N2/c1-3-5-10-17-13-15-8-7-9-16(12-15)14-18-11-6-4-2/h7-9,12-14H,3-6,10-11H2,1-2H3. The average molecular weight is 244 g/mol. The highest BCUT2D eigenvalue weighted by Gasteiger charge is 1.90. The fraction of sp³-hybridized carbons (Fsp3) is 0.500. The lowest BCUT2D eigenvalue weighted by atomic mass is 10.1. The van der Waals surface area contributed by atoms with Gasteiger partial charge in [-0.1, -0.05) is 44.9 Å². The van der Waals surface area contributed by atoms with E-state index in [9.17, 15) is 0 Å². The van der Waals surface area contributed by atoms with Crippen molar-refractivity contribution in [2.45, 2.75) is 39.5 Å². The number of aliphatic imine (C=N–C) groups is 2. The molecule has 0 saturated heterocycles. The van der Waals surface area contributed by atoms with Gasteiger partial charge in [-0.3, -0.25) is 9.98 Å². The molecule has 0 saturated carbocycles. The van der Waals surface area contributed by atoms with Gasteiger partial charge in [0.1, 0.15) is 0 Å². The van der Waals surface area contributed by atoms with Crippen molar-refractivity contribution in [3.8, 4) is 0 Å². The summed E-state index contributed by atoms with van der Waals surface area (Å²) in [5.74, 6) is 0. The summed E-state index contributed by atoms with van der Waals surface area (Å²) in [5, 5.41) is 0. The van der Waals surface area contributed by atoms with Crippen LogP contribution in [0.1, 0.15) is 50.7 Å². The molecule has 1 rings (SSSR count). The van der Waals surface area contributed by atoms with E-state index in [-0.39, 0.29) is 0 Å². The summed E-state index contributed by atoms with van der Waals surface area (Å²) in [5.41, 5.74) is 2.32. The van der Waals surface area contributed by atoms with Gasteiger partial charge >= 0.3 is 0 Å². The summed E-state index contributed by atoms with van der Waals surface area (Å²) in [6.45, 7) is 6.21. The average Bonchev–Trinajstić information content (AvgIpc) is 2.40. The molecule has 0 N–H and O–H groups in total. The van der Waals surface area contributed by atoms with Crippen LogP contribution in [0.15, 0.2) is 34.3 Å². The number of rotatable bonds is 8. The maximum atomic E-state index is 4.41. The molecule has 98 valence electrons. The van der Waals surface area contributed by atoms with Gasteiger partial charge in [0, 0.05) is 25.5 Å². The lowest BCUT2D eigenvalue weighted by Crippen LogP contribution is -1.89. The van der Waals surface area contributed by atoms with E-state index < -0.39 is 0 Å². The predicted octanol–water partition coefficient (Wildman–Crippen LogP) is 4.12. The molecule has 1 aromatic carbocycles. The van der Waals surface area contributed by atoms with E-state index in [1.807, 2.05) is 12.4 Å². The number of hydrogen-bond donors (Lipinski definition) is 0. The number of unbranched alkanes of at least 4 members (excludes halogenated alkanes) is 2. The Balaban J connectivity index is 2.51. The van der Waals surface area contributed by atoms with Crippen LogP contribution < -0.4 is 0 Å². The predicted molar refractivity (Wildman–Crippen MR) is 81.2 cm³/mol. The molecule has 0 radical (unpaired) electrons. The van der Waals surface area contributed by atoms with Gasteiger partial charge in [0.25, 0.3) is 0 Å². The number of hydrogen-bond acceptors (Lipinski definition) is 2. The van der Waals surface area contributed by atoms with Crippen molar-refractivity contribution >= 4 is 12.4 Å². The molecule has 0 atom stereocenters. The lowest BCUT2D eigenvalue weighted by Gasteiger charge is -1.97. The third kappa shape index (κ3) is 6.33. The molecule has 0 aliphatic rings. The minimum absolute atomic E-state index is 0.922. The fourth-order valence-corrected chi connectivity index (χ4v) is 1.56. The number of nitrogens with zero attached hydrogens (tertiary/aromatic N) is 2. The van der Waals surface area contributed by atoms with Crippen LogP contribution in [0.25, 0.3) is 0 Å². The second-order valence-electron chi connectivity index (χ2n) is 4.45. The van der Waals surface area contributed by atoms with Crippen molar-refractivity contribution in [2.75, 3.05) is 13.1 Å². The molecule has 18 heavy (non-hydrogen) atoms. The summed E-state index contributed by atoms with van der Waals surface area (Å²) in [4.78, 5) is 8.83. The molecule has 2 nitrogen and oxygen atoms in total. The quantitative estimate of drug-likeness (QED) is 0.485. The highest BCUT2D eigenvalue weighted by atomic mass is 14.7. The van der Waals surface area contributed by atoms with Crippen LogP contribution in [-0.2, 0) is 0 Å². The van der Waals surface area contributed by atoms with Gasteiger partial charge in [0.15, 0.2) is 0 Å². The highest BCUT2D eigenvalue weighted by molar-refractivity contribution is 5.86. The molecule has 0 fully saturated rings. The van der Waals surface area contributed by atoms with Gasteiger partial charge in [0.2, 0.25) is 0 Å². The van der Waals surface area contributed by atoms with Crippen LogP contribution in [0.2, 0.25) is 0 Å². The summed E-state index contributed by atoms with van der Waals surface area (Å²) in [6.07, 6.45) is 8.63. The monoisotopic (exact) mass is 244 g/mol. The van der Waals surface area contributed by atoms with Gasteiger partial charge in [-0.05, 0) is 30.0 Å². The molecule has 0 aliphatic carbocycles. The van der Waals surface area contributed by atoms with Gasteiger partial charge < -0.3 is 0 Å². The van der Waals surface area contributed by atoms with Gasteiger partial charge in [0.05, 0.1) is 0 Å². The van der Waals surface area contributed by atoms with Crippen LogP contribution in [0.3, 0.4) is 0 Å². The van der Waals surface area contributed by atoms with E-state index in [1.54, 1.807) is 0 Å². The zero-order chi connectivity index (χ0) is 13.1. The largest absolute Gasteiger partial charge is 0.293 e. The molecule has 0 unspecified atom stereocenters. The van der Waals surface area contributed by atoms with Crippen molar-refractivity contribution in [3.63, 3.8) is 0 Å². The van der Waals surface area contributed by atoms with E-state index in [2.05, 4.69) is 48.1 Å². The van der Waals surface area contributed by atoms with Gasteiger partial charge in [-0.15, -0.1) is 0 Å². The van der Waals surface area contributed by atoms with Crippen molar-refractivity contribution in [1.29, 1.82) is 0 Å². The molecule has 0 spiro atoms. The Morgan fingerprint density at radius 3 is 1.83 bits per heavy atom. The molecule has 0 amide bonds. The second kappa shape index (κ2) is 9.58. The minimum Gasteiger partial charge on any atom is -0.293 e. The first-order valence-corrected chi connectivity index (χ1v) is 6.96. The SMILES string of the molecule is CCCCN=Cc1cccc(C=NCCCC)c1. The lowest BCUT2D eigenvalue weighted by molar-refractivity contribution is 0.810. The summed E-state index contributed by atoms with van der Waals surface area (Å²) >= 11 is 0. The first-order chi connectivity index (χ1) is 8.86. The number of benzene rings is 1. The van der Waals surface area contributed by atoms with Crippen molar-refractivity contribution < 1.29 is 0 Å². The zero-order valence-corrected chi connectivity index (χ0v) is 11.6. The maximum absolute atomic E-state index is 4.41. The van der Waals surface area contributed by atoms with Crippen LogP contribution in [0, 0.1) is 0 Å². The highest BCUT2D eigenvalue weighted by Crippen LogP contribution is 2.01. The summed E-state index contributed by atoms with van der Waals surface area (Å²) in [7, 11) is 0. The van der Waals surface area contributed by atoms with Crippen molar-refractivity contribution in [3.05, 3.63) is 35.4 Å². The Kier molecular flexibility index (Phi) is 7.78. The van der Waals surface area contributed by atoms with Crippen LogP contribution in [-0.4, -0.2) is 25.5 Å². The fourth-order valence-electron chi connectivity index (χ4n) is 1.56. The van der Waals surface area contributed by atoms with Gasteiger partial charge in [-0.25, -0.2) is 0 Å². The van der Waals surface area contributed by atoms with Crippen LogP contribution in [0.4, 0.5) is 0 Å².